The average Bonchev–Trinajstić information content (AvgIpc) is 3.36. The van der Waals surface area contributed by atoms with Crippen molar-refractivity contribution >= 4 is 33.4 Å². The highest BCUT2D eigenvalue weighted by atomic mass is 32.1. The van der Waals surface area contributed by atoms with E-state index in [1.807, 2.05) is 67.6 Å². The number of hydrogen-bond acceptors (Lipinski definition) is 6. The summed E-state index contributed by atoms with van der Waals surface area (Å²) in [5.74, 6) is 2.10. The van der Waals surface area contributed by atoms with E-state index >= 15 is 0 Å². The van der Waals surface area contributed by atoms with Crippen LogP contribution in [0.2, 0.25) is 0 Å². The quantitative estimate of drug-likeness (QED) is 0.291. The molecule has 0 atom stereocenters. The summed E-state index contributed by atoms with van der Waals surface area (Å²) in [6.45, 7) is 7.38. The highest BCUT2D eigenvalue weighted by molar-refractivity contribution is 7.15. The standard InChI is InChI=1S/C28H26N2O4S/c1-4-32-25-16-20(10-12-24(25)34-14-13-33-21-11-9-18(2)19(3)15-21)17-26-27(31)30-23-8-6-5-7-22(23)29-28(30)35-26/h5-12,15-17H,4,13-14H2,1-3H3. The zero-order valence-electron chi connectivity index (χ0n) is 19.9. The van der Waals surface area contributed by atoms with Gasteiger partial charge in [-0.05, 0) is 79.9 Å². The van der Waals surface area contributed by atoms with E-state index in [0.717, 1.165) is 22.3 Å². The van der Waals surface area contributed by atoms with E-state index in [4.69, 9.17) is 14.2 Å². The summed E-state index contributed by atoms with van der Waals surface area (Å²) in [6, 6.07) is 19.4. The van der Waals surface area contributed by atoms with Crippen molar-refractivity contribution in [3.63, 3.8) is 0 Å². The van der Waals surface area contributed by atoms with Crippen LogP contribution in [-0.4, -0.2) is 29.2 Å². The predicted molar refractivity (Wildman–Crippen MR) is 140 cm³/mol. The van der Waals surface area contributed by atoms with E-state index in [2.05, 4.69) is 24.9 Å². The molecule has 0 radical (unpaired) electrons. The molecule has 0 aliphatic carbocycles. The number of hydrogen-bond donors (Lipinski definition) is 0. The van der Waals surface area contributed by atoms with Gasteiger partial charge in [0, 0.05) is 0 Å². The highest BCUT2D eigenvalue weighted by Gasteiger charge is 2.11. The van der Waals surface area contributed by atoms with Gasteiger partial charge in [-0.15, -0.1) is 0 Å². The third-order valence-electron chi connectivity index (χ3n) is 5.80. The molecular formula is C28H26N2O4S. The lowest BCUT2D eigenvalue weighted by Crippen LogP contribution is -2.22. The second-order valence-corrected chi connectivity index (χ2v) is 9.23. The van der Waals surface area contributed by atoms with Gasteiger partial charge in [0.15, 0.2) is 16.5 Å². The van der Waals surface area contributed by atoms with Crippen LogP contribution in [0.3, 0.4) is 0 Å². The maximum absolute atomic E-state index is 13.0. The number of rotatable bonds is 8. The summed E-state index contributed by atoms with van der Waals surface area (Å²) in [4.78, 5) is 18.3. The number of para-hydroxylation sites is 2. The molecule has 7 heteroatoms. The van der Waals surface area contributed by atoms with Crippen molar-refractivity contribution in [2.24, 2.45) is 0 Å². The monoisotopic (exact) mass is 486 g/mol. The molecule has 0 saturated heterocycles. The Balaban J connectivity index is 1.34. The largest absolute Gasteiger partial charge is 0.490 e. The molecule has 3 aromatic carbocycles. The minimum atomic E-state index is -0.0690. The Labute approximate surface area is 207 Å². The zero-order valence-corrected chi connectivity index (χ0v) is 20.7. The van der Waals surface area contributed by atoms with Gasteiger partial charge >= 0.3 is 0 Å². The van der Waals surface area contributed by atoms with Gasteiger partial charge in [0.2, 0.25) is 0 Å². The summed E-state index contributed by atoms with van der Waals surface area (Å²) in [6.07, 6.45) is 1.87. The number of benzene rings is 3. The van der Waals surface area contributed by atoms with E-state index in [0.29, 0.717) is 40.8 Å². The molecule has 0 amide bonds. The molecule has 2 aromatic heterocycles. The van der Waals surface area contributed by atoms with Crippen molar-refractivity contribution in [2.45, 2.75) is 20.8 Å². The van der Waals surface area contributed by atoms with Gasteiger partial charge < -0.3 is 14.2 Å². The van der Waals surface area contributed by atoms with E-state index in [9.17, 15) is 4.79 Å². The second-order valence-electron chi connectivity index (χ2n) is 8.22. The smallest absolute Gasteiger partial charge is 0.274 e. The molecule has 0 fully saturated rings. The van der Waals surface area contributed by atoms with Crippen molar-refractivity contribution in [3.05, 3.63) is 92.2 Å². The minimum Gasteiger partial charge on any atom is -0.490 e. The predicted octanol–water partition coefficient (Wildman–Crippen LogP) is 4.93. The van der Waals surface area contributed by atoms with Gasteiger partial charge in [0.05, 0.1) is 22.2 Å². The molecule has 0 spiro atoms. The number of fused-ring (bicyclic) bond motifs is 3. The van der Waals surface area contributed by atoms with Crippen LogP contribution < -0.4 is 24.3 Å². The molecule has 35 heavy (non-hydrogen) atoms. The SMILES string of the molecule is CCOc1cc(C=c2sc3nc4ccccc4n3c2=O)ccc1OCCOc1ccc(C)c(C)c1. The molecule has 0 N–H and O–H groups in total. The van der Waals surface area contributed by atoms with Crippen molar-refractivity contribution in [1.82, 2.24) is 9.38 Å². The fourth-order valence-electron chi connectivity index (χ4n) is 3.88. The Morgan fingerprint density at radius 2 is 1.74 bits per heavy atom. The third-order valence-corrected chi connectivity index (χ3v) is 6.77. The first-order chi connectivity index (χ1) is 17.0. The van der Waals surface area contributed by atoms with Gasteiger partial charge in [0.25, 0.3) is 5.56 Å². The van der Waals surface area contributed by atoms with Crippen molar-refractivity contribution in [2.75, 3.05) is 19.8 Å². The molecule has 178 valence electrons. The number of imidazole rings is 1. The number of thiazole rings is 1. The molecule has 6 nitrogen and oxygen atoms in total. The second kappa shape index (κ2) is 9.80. The number of aromatic nitrogens is 2. The van der Waals surface area contributed by atoms with Crippen LogP contribution in [0.4, 0.5) is 0 Å². The molecule has 0 bridgehead atoms. The maximum Gasteiger partial charge on any atom is 0.274 e. The first-order valence-corrected chi connectivity index (χ1v) is 12.4. The van der Waals surface area contributed by atoms with Crippen molar-refractivity contribution in [1.29, 1.82) is 0 Å². The van der Waals surface area contributed by atoms with Gasteiger partial charge in [-0.25, -0.2) is 9.38 Å². The van der Waals surface area contributed by atoms with E-state index in [1.165, 1.54) is 22.5 Å². The van der Waals surface area contributed by atoms with Crippen LogP contribution in [0, 0.1) is 13.8 Å². The number of ether oxygens (including phenoxy) is 3. The lowest BCUT2D eigenvalue weighted by Gasteiger charge is -2.13. The van der Waals surface area contributed by atoms with Crippen LogP contribution in [0.1, 0.15) is 23.6 Å². The average molecular weight is 487 g/mol. The van der Waals surface area contributed by atoms with Crippen molar-refractivity contribution in [3.8, 4) is 17.2 Å². The molecule has 0 aliphatic rings. The maximum atomic E-state index is 13.0. The first kappa shape index (κ1) is 22.9. The molecule has 0 saturated carbocycles. The molecular weight excluding hydrogens is 460 g/mol. The Morgan fingerprint density at radius 1 is 0.914 bits per heavy atom. The van der Waals surface area contributed by atoms with Crippen molar-refractivity contribution < 1.29 is 14.2 Å². The van der Waals surface area contributed by atoms with Crippen LogP contribution in [-0.2, 0) is 0 Å². The van der Waals surface area contributed by atoms with Gasteiger partial charge in [-0.3, -0.25) is 4.79 Å². The summed E-state index contributed by atoms with van der Waals surface area (Å²) in [7, 11) is 0. The number of nitrogens with zero attached hydrogens (tertiary/aromatic N) is 2. The fraction of sp³-hybridized carbons (Fsp3) is 0.214. The Bertz CT molecular complexity index is 1620. The zero-order chi connectivity index (χ0) is 24.4. The lowest BCUT2D eigenvalue weighted by atomic mass is 10.1. The summed E-state index contributed by atoms with van der Waals surface area (Å²) < 4.78 is 19.9. The summed E-state index contributed by atoms with van der Waals surface area (Å²) in [5, 5.41) is 0. The third kappa shape index (κ3) is 4.72. The molecule has 0 unspecified atom stereocenters. The minimum absolute atomic E-state index is 0.0690. The normalized spacial score (nSPS) is 11.9. The van der Waals surface area contributed by atoms with Crippen LogP contribution in [0.5, 0.6) is 17.2 Å². The Kier molecular flexibility index (Phi) is 6.42. The molecule has 5 aromatic rings. The molecule has 2 heterocycles. The highest BCUT2D eigenvalue weighted by Crippen LogP contribution is 2.29. The van der Waals surface area contributed by atoms with Crippen LogP contribution in [0.15, 0.2) is 65.5 Å². The summed E-state index contributed by atoms with van der Waals surface area (Å²) in [5.41, 5.74) is 4.87. The topological polar surface area (TPSA) is 62.1 Å². The van der Waals surface area contributed by atoms with Gasteiger partial charge in [0.1, 0.15) is 19.0 Å². The van der Waals surface area contributed by atoms with Crippen LogP contribution >= 0.6 is 11.3 Å². The van der Waals surface area contributed by atoms with E-state index < -0.39 is 0 Å². The lowest BCUT2D eigenvalue weighted by molar-refractivity contribution is 0.208. The van der Waals surface area contributed by atoms with Gasteiger partial charge in [-0.1, -0.05) is 35.6 Å². The van der Waals surface area contributed by atoms with E-state index in [-0.39, 0.29) is 5.56 Å². The first-order valence-electron chi connectivity index (χ1n) is 11.5. The van der Waals surface area contributed by atoms with Crippen LogP contribution in [0.25, 0.3) is 22.1 Å². The Hall–Kier alpha value is -3.84. The number of aryl methyl sites for hydroxylation is 2. The van der Waals surface area contributed by atoms with Gasteiger partial charge in [-0.2, -0.15) is 0 Å². The fourth-order valence-corrected chi connectivity index (χ4v) is 4.87. The summed E-state index contributed by atoms with van der Waals surface area (Å²) >= 11 is 1.38. The molecule has 0 aliphatic heterocycles. The Morgan fingerprint density at radius 3 is 2.57 bits per heavy atom. The van der Waals surface area contributed by atoms with E-state index in [1.54, 1.807) is 4.40 Å². The molecule has 5 rings (SSSR count).